The molecule has 3 heteroatoms. The van der Waals surface area contributed by atoms with Crippen molar-refractivity contribution in [3.05, 3.63) is 72.4 Å². The van der Waals surface area contributed by atoms with Gasteiger partial charge in [-0.05, 0) is 23.1 Å². The van der Waals surface area contributed by atoms with Gasteiger partial charge in [0.1, 0.15) is 6.10 Å². The van der Waals surface area contributed by atoms with Crippen molar-refractivity contribution >= 4 is 10.9 Å². The number of rotatable bonds is 4. The van der Waals surface area contributed by atoms with Crippen LogP contribution in [0.3, 0.4) is 0 Å². The first kappa shape index (κ1) is 12.9. The smallest absolute Gasteiger partial charge is 0.157 e. The number of aliphatic hydroxyl groups is 2. The van der Waals surface area contributed by atoms with E-state index in [-0.39, 0.29) is 0 Å². The highest BCUT2D eigenvalue weighted by Gasteiger charge is 2.19. The van der Waals surface area contributed by atoms with E-state index in [1.807, 2.05) is 66.9 Å². The van der Waals surface area contributed by atoms with Crippen LogP contribution in [0.5, 0.6) is 0 Å². The van der Waals surface area contributed by atoms with Gasteiger partial charge in [0, 0.05) is 12.6 Å². The van der Waals surface area contributed by atoms with Crippen molar-refractivity contribution in [3.8, 4) is 0 Å². The largest absolute Gasteiger partial charge is 0.388 e. The van der Waals surface area contributed by atoms with Gasteiger partial charge in [0.2, 0.25) is 0 Å². The summed E-state index contributed by atoms with van der Waals surface area (Å²) in [7, 11) is 0. The number of aromatic nitrogens is 1. The highest BCUT2D eigenvalue weighted by atomic mass is 16.3. The summed E-state index contributed by atoms with van der Waals surface area (Å²) in [5, 5.41) is 21.6. The van der Waals surface area contributed by atoms with Crippen LogP contribution >= 0.6 is 0 Å². The summed E-state index contributed by atoms with van der Waals surface area (Å²) < 4.78 is 1.71. The molecule has 0 saturated heterocycles. The molecule has 3 rings (SSSR count). The highest BCUT2D eigenvalue weighted by Crippen LogP contribution is 2.22. The monoisotopic (exact) mass is 267 g/mol. The Kier molecular flexibility index (Phi) is 3.54. The first-order valence-electron chi connectivity index (χ1n) is 6.71. The molecule has 102 valence electrons. The lowest BCUT2D eigenvalue weighted by atomic mass is 10.1. The first-order valence-corrected chi connectivity index (χ1v) is 6.71. The van der Waals surface area contributed by atoms with Gasteiger partial charge < -0.3 is 14.8 Å². The summed E-state index contributed by atoms with van der Waals surface area (Å²) in [6.07, 6.45) is 0.446. The predicted molar refractivity (Wildman–Crippen MR) is 79.3 cm³/mol. The molecule has 3 aromatic rings. The second kappa shape index (κ2) is 5.49. The van der Waals surface area contributed by atoms with E-state index in [9.17, 15) is 10.2 Å². The molecule has 2 unspecified atom stereocenters. The van der Waals surface area contributed by atoms with E-state index in [0.717, 1.165) is 16.5 Å². The molecule has 20 heavy (non-hydrogen) atoms. The summed E-state index contributed by atoms with van der Waals surface area (Å²) in [5.41, 5.74) is 1.93. The Morgan fingerprint density at radius 1 is 0.850 bits per heavy atom. The van der Waals surface area contributed by atoms with E-state index in [1.54, 1.807) is 4.57 Å². The van der Waals surface area contributed by atoms with E-state index in [0.29, 0.717) is 6.42 Å². The molecule has 1 heterocycles. The van der Waals surface area contributed by atoms with E-state index in [4.69, 9.17) is 0 Å². The topological polar surface area (TPSA) is 45.4 Å². The van der Waals surface area contributed by atoms with Crippen molar-refractivity contribution in [2.24, 2.45) is 0 Å². The molecule has 0 fully saturated rings. The Balaban J connectivity index is 1.83. The van der Waals surface area contributed by atoms with Crippen LogP contribution in [0.15, 0.2) is 66.9 Å². The van der Waals surface area contributed by atoms with Crippen LogP contribution in [-0.2, 0) is 6.42 Å². The molecule has 0 bridgehead atoms. The molecule has 3 nitrogen and oxygen atoms in total. The highest BCUT2D eigenvalue weighted by molar-refractivity contribution is 5.80. The summed E-state index contributed by atoms with van der Waals surface area (Å²) in [6, 6.07) is 19.4. The zero-order valence-corrected chi connectivity index (χ0v) is 11.1. The number of para-hydroxylation sites is 1. The van der Waals surface area contributed by atoms with Gasteiger partial charge >= 0.3 is 0 Å². The molecule has 0 spiro atoms. The van der Waals surface area contributed by atoms with E-state index in [1.165, 1.54) is 0 Å². The van der Waals surface area contributed by atoms with Gasteiger partial charge in [-0.3, -0.25) is 0 Å². The number of nitrogens with zero attached hydrogens (tertiary/aromatic N) is 1. The average molecular weight is 267 g/mol. The van der Waals surface area contributed by atoms with Crippen molar-refractivity contribution in [3.63, 3.8) is 0 Å². The fourth-order valence-corrected chi connectivity index (χ4v) is 2.48. The van der Waals surface area contributed by atoms with Gasteiger partial charge in [0.05, 0.1) is 5.52 Å². The SMILES string of the molecule is OC(Cc1ccccc1)C(O)n1ccc2ccccc21. The molecular weight excluding hydrogens is 250 g/mol. The van der Waals surface area contributed by atoms with Crippen LogP contribution in [0, 0.1) is 0 Å². The quantitative estimate of drug-likeness (QED) is 0.763. The van der Waals surface area contributed by atoms with Crippen LogP contribution in [0.2, 0.25) is 0 Å². The molecular formula is C17H17NO2. The second-order valence-corrected chi connectivity index (χ2v) is 4.95. The maximum Gasteiger partial charge on any atom is 0.157 e. The lowest BCUT2D eigenvalue weighted by Gasteiger charge is -2.20. The maximum absolute atomic E-state index is 10.4. The first-order chi connectivity index (χ1) is 9.75. The van der Waals surface area contributed by atoms with Gasteiger partial charge in [-0.1, -0.05) is 48.5 Å². The van der Waals surface area contributed by atoms with Gasteiger partial charge in [0.15, 0.2) is 6.23 Å². The third-order valence-electron chi connectivity index (χ3n) is 3.55. The third-order valence-corrected chi connectivity index (χ3v) is 3.55. The fraction of sp³-hybridized carbons (Fsp3) is 0.176. The lowest BCUT2D eigenvalue weighted by Crippen LogP contribution is -2.25. The Hall–Kier alpha value is -2.10. The van der Waals surface area contributed by atoms with Gasteiger partial charge in [-0.25, -0.2) is 0 Å². The summed E-state index contributed by atoms with van der Waals surface area (Å²) >= 11 is 0. The lowest BCUT2D eigenvalue weighted by molar-refractivity contribution is -0.0247. The molecule has 0 saturated carbocycles. The zero-order valence-electron chi connectivity index (χ0n) is 11.1. The Labute approximate surface area is 117 Å². The summed E-state index contributed by atoms with van der Waals surface area (Å²) in [5.74, 6) is 0. The fourth-order valence-electron chi connectivity index (χ4n) is 2.48. The minimum atomic E-state index is -0.949. The van der Waals surface area contributed by atoms with Crippen LogP contribution < -0.4 is 0 Å². The van der Waals surface area contributed by atoms with Crippen molar-refractivity contribution in [2.45, 2.75) is 18.8 Å². The van der Waals surface area contributed by atoms with Gasteiger partial charge in [-0.15, -0.1) is 0 Å². The minimum Gasteiger partial charge on any atom is -0.388 e. The number of fused-ring (bicyclic) bond motifs is 1. The Bertz CT molecular complexity index is 690. The van der Waals surface area contributed by atoms with Gasteiger partial charge in [0.25, 0.3) is 0 Å². The number of hydrogen-bond donors (Lipinski definition) is 2. The number of hydrogen-bond acceptors (Lipinski definition) is 2. The Morgan fingerprint density at radius 2 is 1.55 bits per heavy atom. The van der Waals surface area contributed by atoms with E-state index >= 15 is 0 Å². The second-order valence-electron chi connectivity index (χ2n) is 4.95. The minimum absolute atomic E-state index is 0.425. The van der Waals surface area contributed by atoms with E-state index in [2.05, 4.69) is 0 Å². The standard InChI is InChI=1S/C17H17NO2/c19-16(12-13-6-2-1-3-7-13)17(20)18-11-10-14-8-4-5-9-15(14)18/h1-11,16-17,19-20H,12H2. The number of aliphatic hydroxyl groups excluding tert-OH is 2. The molecule has 2 aromatic carbocycles. The van der Waals surface area contributed by atoms with Crippen molar-refractivity contribution in [1.29, 1.82) is 0 Å². The van der Waals surface area contributed by atoms with Gasteiger partial charge in [-0.2, -0.15) is 0 Å². The molecule has 2 atom stereocenters. The van der Waals surface area contributed by atoms with Crippen LogP contribution in [0.4, 0.5) is 0 Å². The van der Waals surface area contributed by atoms with Crippen LogP contribution in [-0.4, -0.2) is 20.9 Å². The van der Waals surface area contributed by atoms with E-state index < -0.39 is 12.3 Å². The van der Waals surface area contributed by atoms with Crippen LogP contribution in [0.1, 0.15) is 11.8 Å². The predicted octanol–water partition coefficient (Wildman–Crippen LogP) is 2.74. The average Bonchev–Trinajstić information content (AvgIpc) is 2.91. The van der Waals surface area contributed by atoms with Crippen LogP contribution in [0.25, 0.3) is 10.9 Å². The van der Waals surface area contributed by atoms with Crippen molar-refractivity contribution in [1.82, 2.24) is 4.57 Å². The molecule has 0 radical (unpaired) electrons. The molecule has 0 aliphatic heterocycles. The van der Waals surface area contributed by atoms with Crippen molar-refractivity contribution < 1.29 is 10.2 Å². The summed E-state index contributed by atoms with van der Waals surface area (Å²) in [4.78, 5) is 0. The third kappa shape index (κ3) is 2.46. The molecule has 1 aromatic heterocycles. The normalized spacial score (nSPS) is 14.3. The van der Waals surface area contributed by atoms with Crippen molar-refractivity contribution in [2.75, 3.05) is 0 Å². The number of benzene rings is 2. The molecule has 0 aliphatic carbocycles. The summed E-state index contributed by atoms with van der Waals surface area (Å²) in [6.45, 7) is 0. The molecule has 2 N–H and O–H groups in total. The molecule has 0 amide bonds. The molecule has 0 aliphatic rings. The zero-order chi connectivity index (χ0) is 13.9. The Morgan fingerprint density at radius 3 is 2.35 bits per heavy atom. The maximum atomic E-state index is 10.4.